The number of hydrogen-bond donors (Lipinski definition) is 2. The number of ether oxygens (including phenoxy) is 2. The van der Waals surface area contributed by atoms with Crippen LogP contribution in [0.5, 0.6) is 0 Å². The molecule has 2 N–H and O–H groups in total. The highest BCUT2D eigenvalue weighted by molar-refractivity contribution is 14.0. The lowest BCUT2D eigenvalue weighted by atomic mass is 10.0. The van der Waals surface area contributed by atoms with Gasteiger partial charge in [-0.2, -0.15) is 0 Å². The van der Waals surface area contributed by atoms with Crippen LogP contribution < -0.4 is 10.6 Å². The van der Waals surface area contributed by atoms with E-state index in [0.717, 1.165) is 58.3 Å². The Kier molecular flexibility index (Phi) is 12.7. The van der Waals surface area contributed by atoms with Gasteiger partial charge in [-0.1, -0.05) is 30.7 Å². The molecule has 3 rings (SSSR count). The van der Waals surface area contributed by atoms with E-state index in [2.05, 4.69) is 44.8 Å². The number of aliphatic imine (C=N–C) groups is 1. The molecular formula is C23H39IN4O2. The van der Waals surface area contributed by atoms with Gasteiger partial charge in [-0.25, -0.2) is 0 Å². The minimum atomic E-state index is 0. The predicted octanol–water partition coefficient (Wildman–Crippen LogP) is 3.54. The zero-order valence-electron chi connectivity index (χ0n) is 18.4. The highest BCUT2D eigenvalue weighted by atomic mass is 127. The van der Waals surface area contributed by atoms with E-state index in [1.807, 2.05) is 7.05 Å². The van der Waals surface area contributed by atoms with Crippen LogP contribution in [0.15, 0.2) is 29.3 Å². The molecule has 1 aromatic carbocycles. The monoisotopic (exact) mass is 530 g/mol. The summed E-state index contributed by atoms with van der Waals surface area (Å²) >= 11 is 0. The molecule has 2 heterocycles. The van der Waals surface area contributed by atoms with Crippen molar-refractivity contribution in [1.29, 1.82) is 0 Å². The standard InChI is InChI=1S/C23H38N4O2.HI/c1-24-23(25-12-8-15-28-19-22-11-7-16-29-22)26-17-20-9-3-4-10-21(20)18-27-13-5-2-6-14-27;/h3-4,9-10,22H,2,5-8,11-19H2,1H3,(H2,24,25,26);1H. The third-order valence-corrected chi connectivity index (χ3v) is 5.72. The molecule has 2 saturated heterocycles. The Balaban J connectivity index is 0.00000320. The van der Waals surface area contributed by atoms with E-state index >= 15 is 0 Å². The van der Waals surface area contributed by atoms with E-state index in [9.17, 15) is 0 Å². The van der Waals surface area contributed by atoms with Crippen molar-refractivity contribution >= 4 is 29.9 Å². The Morgan fingerprint density at radius 3 is 2.67 bits per heavy atom. The van der Waals surface area contributed by atoms with Crippen LogP contribution in [0.3, 0.4) is 0 Å². The van der Waals surface area contributed by atoms with Crippen LogP contribution >= 0.6 is 24.0 Å². The summed E-state index contributed by atoms with van der Waals surface area (Å²) in [6.45, 7) is 7.49. The molecule has 2 fully saturated rings. The van der Waals surface area contributed by atoms with Crippen molar-refractivity contribution in [1.82, 2.24) is 15.5 Å². The average Bonchev–Trinajstić information content (AvgIpc) is 3.28. The summed E-state index contributed by atoms with van der Waals surface area (Å²) in [5.41, 5.74) is 2.76. The Morgan fingerprint density at radius 2 is 1.93 bits per heavy atom. The number of rotatable bonds is 10. The predicted molar refractivity (Wildman–Crippen MR) is 134 cm³/mol. The van der Waals surface area contributed by atoms with Gasteiger partial charge < -0.3 is 20.1 Å². The van der Waals surface area contributed by atoms with Crippen molar-refractivity contribution < 1.29 is 9.47 Å². The van der Waals surface area contributed by atoms with Crippen LogP contribution in [0.4, 0.5) is 0 Å². The number of nitrogens with zero attached hydrogens (tertiary/aromatic N) is 2. The second-order valence-electron chi connectivity index (χ2n) is 8.02. The van der Waals surface area contributed by atoms with Crippen molar-refractivity contribution in [2.45, 2.75) is 57.7 Å². The fraction of sp³-hybridized carbons (Fsp3) is 0.696. The Bertz CT molecular complexity index is 617. The number of likely N-dealkylation sites (tertiary alicyclic amines) is 1. The molecule has 6 nitrogen and oxygen atoms in total. The Morgan fingerprint density at radius 1 is 1.13 bits per heavy atom. The molecule has 170 valence electrons. The van der Waals surface area contributed by atoms with Crippen LogP contribution in [0.25, 0.3) is 0 Å². The van der Waals surface area contributed by atoms with E-state index in [0.29, 0.717) is 6.10 Å². The van der Waals surface area contributed by atoms with Gasteiger partial charge in [-0.15, -0.1) is 24.0 Å². The molecule has 7 heteroatoms. The Hall–Kier alpha value is -0.900. The van der Waals surface area contributed by atoms with Gasteiger partial charge in [-0.3, -0.25) is 9.89 Å². The number of halogens is 1. The molecule has 30 heavy (non-hydrogen) atoms. The van der Waals surface area contributed by atoms with Crippen molar-refractivity contribution in [3.8, 4) is 0 Å². The second kappa shape index (κ2) is 15.0. The summed E-state index contributed by atoms with van der Waals surface area (Å²) in [5, 5.41) is 6.84. The maximum absolute atomic E-state index is 5.72. The van der Waals surface area contributed by atoms with Crippen molar-refractivity contribution in [3.63, 3.8) is 0 Å². The van der Waals surface area contributed by atoms with Crippen molar-refractivity contribution in [2.24, 2.45) is 4.99 Å². The minimum absolute atomic E-state index is 0. The lowest BCUT2D eigenvalue weighted by Gasteiger charge is -2.27. The zero-order chi connectivity index (χ0) is 20.2. The molecule has 1 atom stereocenters. The molecule has 0 saturated carbocycles. The molecule has 2 aliphatic rings. The first-order valence-electron chi connectivity index (χ1n) is 11.3. The molecule has 0 amide bonds. The summed E-state index contributed by atoms with van der Waals surface area (Å²) in [6.07, 6.45) is 7.60. The molecule has 0 aromatic heterocycles. The summed E-state index contributed by atoms with van der Waals surface area (Å²) in [6, 6.07) is 8.75. The van der Waals surface area contributed by atoms with Gasteiger partial charge in [0.1, 0.15) is 0 Å². The Labute approximate surface area is 199 Å². The summed E-state index contributed by atoms with van der Waals surface area (Å²) in [5.74, 6) is 0.844. The van der Waals surface area contributed by atoms with E-state index < -0.39 is 0 Å². The number of nitrogens with one attached hydrogen (secondary N) is 2. The largest absolute Gasteiger partial charge is 0.379 e. The number of hydrogen-bond acceptors (Lipinski definition) is 4. The maximum atomic E-state index is 5.72. The van der Waals surface area contributed by atoms with Crippen LogP contribution in [0, 0.1) is 0 Å². The van der Waals surface area contributed by atoms with Crippen LogP contribution in [0.2, 0.25) is 0 Å². The quantitative estimate of drug-likeness (QED) is 0.210. The van der Waals surface area contributed by atoms with Crippen molar-refractivity contribution in [2.75, 3.05) is 46.5 Å². The first-order valence-corrected chi connectivity index (χ1v) is 11.3. The highest BCUT2D eigenvalue weighted by Gasteiger charge is 2.15. The van der Waals surface area contributed by atoms with E-state index in [1.165, 1.54) is 49.9 Å². The topological polar surface area (TPSA) is 58.1 Å². The smallest absolute Gasteiger partial charge is 0.191 e. The van der Waals surface area contributed by atoms with Gasteiger partial charge in [-0.05, 0) is 56.3 Å². The van der Waals surface area contributed by atoms with Crippen LogP contribution in [-0.4, -0.2) is 63.5 Å². The number of benzene rings is 1. The number of guanidine groups is 1. The van der Waals surface area contributed by atoms with Crippen molar-refractivity contribution in [3.05, 3.63) is 35.4 Å². The van der Waals surface area contributed by atoms with E-state index in [-0.39, 0.29) is 24.0 Å². The minimum Gasteiger partial charge on any atom is -0.379 e. The van der Waals surface area contributed by atoms with Crippen LogP contribution in [-0.2, 0) is 22.6 Å². The molecule has 2 aliphatic heterocycles. The normalized spacial score (nSPS) is 20.0. The summed E-state index contributed by atoms with van der Waals surface area (Å²) in [7, 11) is 1.82. The molecular weight excluding hydrogens is 491 g/mol. The van der Waals surface area contributed by atoms with Crippen LogP contribution in [0.1, 0.15) is 49.7 Å². The number of piperidine rings is 1. The van der Waals surface area contributed by atoms with Gasteiger partial charge in [0.05, 0.1) is 12.7 Å². The molecule has 0 spiro atoms. The highest BCUT2D eigenvalue weighted by Crippen LogP contribution is 2.16. The van der Waals surface area contributed by atoms with E-state index in [1.54, 1.807) is 0 Å². The summed E-state index contributed by atoms with van der Waals surface area (Å²) < 4.78 is 11.3. The lowest BCUT2D eigenvalue weighted by molar-refractivity contribution is 0.0168. The fourth-order valence-corrected chi connectivity index (χ4v) is 4.01. The molecule has 1 aromatic rings. The average molecular weight is 530 g/mol. The fourth-order valence-electron chi connectivity index (χ4n) is 4.01. The third-order valence-electron chi connectivity index (χ3n) is 5.72. The lowest BCUT2D eigenvalue weighted by Crippen LogP contribution is -2.38. The first kappa shape index (κ1) is 25.4. The third kappa shape index (κ3) is 9.08. The van der Waals surface area contributed by atoms with Gasteiger partial charge in [0, 0.05) is 39.9 Å². The molecule has 0 bridgehead atoms. The SMILES string of the molecule is CN=C(NCCCOCC1CCCO1)NCc1ccccc1CN1CCCCC1.I. The first-order chi connectivity index (χ1) is 14.3. The maximum Gasteiger partial charge on any atom is 0.191 e. The molecule has 0 aliphatic carbocycles. The zero-order valence-corrected chi connectivity index (χ0v) is 20.7. The van der Waals surface area contributed by atoms with E-state index in [4.69, 9.17) is 9.47 Å². The van der Waals surface area contributed by atoms with Gasteiger partial charge in [0.25, 0.3) is 0 Å². The van der Waals surface area contributed by atoms with Gasteiger partial charge in [0.2, 0.25) is 0 Å². The summed E-state index contributed by atoms with van der Waals surface area (Å²) in [4.78, 5) is 6.93. The molecule has 1 unspecified atom stereocenters. The molecule has 0 radical (unpaired) electrons. The second-order valence-corrected chi connectivity index (χ2v) is 8.02. The van der Waals surface area contributed by atoms with Gasteiger partial charge in [0.15, 0.2) is 5.96 Å². The van der Waals surface area contributed by atoms with Gasteiger partial charge >= 0.3 is 0 Å².